The van der Waals surface area contributed by atoms with E-state index in [1.807, 2.05) is 36.5 Å². The molecule has 0 bridgehead atoms. The first-order valence-corrected chi connectivity index (χ1v) is 12.4. The minimum Gasteiger partial charge on any atom is -0.475 e. The number of carbonyl (C=O) groups is 2. The van der Waals surface area contributed by atoms with Crippen LogP contribution in [-0.4, -0.2) is 59.8 Å². The number of benzene rings is 2. The molecule has 0 unspecified atom stereocenters. The van der Waals surface area contributed by atoms with Crippen molar-refractivity contribution in [2.75, 3.05) is 26.8 Å². The fourth-order valence-electron chi connectivity index (χ4n) is 3.47. The Morgan fingerprint density at radius 1 is 1.10 bits per heavy atom. The zero-order valence-corrected chi connectivity index (χ0v) is 22.2. The van der Waals surface area contributed by atoms with Crippen LogP contribution < -0.4 is 5.32 Å². The molecule has 0 aliphatic rings. The number of halogens is 3. The van der Waals surface area contributed by atoms with Gasteiger partial charge in [0.05, 0.1) is 23.9 Å². The highest BCUT2D eigenvalue weighted by molar-refractivity contribution is 5.94. The van der Waals surface area contributed by atoms with E-state index in [1.54, 1.807) is 36.3 Å². The number of pyridine rings is 1. The summed E-state index contributed by atoms with van der Waals surface area (Å²) in [6, 6.07) is 21.1. The summed E-state index contributed by atoms with van der Waals surface area (Å²) >= 11 is 0. The summed E-state index contributed by atoms with van der Waals surface area (Å²) in [6.07, 6.45) is -2.06. The van der Waals surface area contributed by atoms with E-state index in [0.717, 1.165) is 41.9 Å². The average molecular weight is 557 g/mol. The van der Waals surface area contributed by atoms with Crippen molar-refractivity contribution in [1.29, 1.82) is 5.26 Å². The first-order chi connectivity index (χ1) is 19.1. The fourth-order valence-corrected chi connectivity index (χ4v) is 3.47. The van der Waals surface area contributed by atoms with Gasteiger partial charge in [-0.25, -0.2) is 4.79 Å². The molecule has 2 aromatic carbocycles. The van der Waals surface area contributed by atoms with Gasteiger partial charge in [0.2, 0.25) is 0 Å². The molecule has 0 aliphatic carbocycles. The molecule has 3 aromatic rings. The van der Waals surface area contributed by atoms with Crippen LogP contribution in [-0.2, 0) is 22.6 Å². The monoisotopic (exact) mass is 556 g/mol. The summed E-state index contributed by atoms with van der Waals surface area (Å²) in [5.74, 6) is -2.88. The first-order valence-electron chi connectivity index (χ1n) is 12.4. The first kappa shape index (κ1) is 31.9. The number of carboxylic acids is 1. The second kappa shape index (κ2) is 16.0. The van der Waals surface area contributed by atoms with Crippen molar-refractivity contribution in [3.8, 4) is 17.3 Å². The maximum absolute atomic E-state index is 13.1. The number of carboxylic acid groups (broad SMARTS) is 1. The molecule has 0 saturated heterocycles. The standard InChI is InChI=1S/C27H30N4O2.C2HF3O2/c1-3-13-29-18-23-9-12-26(30-19-23)24-10-7-21(8-11-24)20-31(14-15-33-2)27(32)25-6-4-5-22(16-25)17-28;3-2(4,5)1(6)7/h4-12,16,19,29H,3,13-15,18,20H2,1-2H3;(H,6,7). The molecule has 8 nitrogen and oxygen atoms in total. The maximum Gasteiger partial charge on any atom is 0.490 e. The van der Waals surface area contributed by atoms with Crippen LogP contribution in [0.5, 0.6) is 0 Å². The second-order valence-electron chi connectivity index (χ2n) is 8.64. The number of ether oxygens (including phenoxy) is 1. The molecule has 0 saturated carbocycles. The highest BCUT2D eigenvalue weighted by Gasteiger charge is 2.38. The van der Waals surface area contributed by atoms with Crippen LogP contribution in [0, 0.1) is 11.3 Å². The lowest BCUT2D eigenvalue weighted by Gasteiger charge is -2.23. The molecule has 1 aromatic heterocycles. The Morgan fingerprint density at radius 2 is 1.77 bits per heavy atom. The summed E-state index contributed by atoms with van der Waals surface area (Å²) < 4.78 is 36.9. The van der Waals surface area contributed by atoms with E-state index in [4.69, 9.17) is 19.9 Å². The smallest absolute Gasteiger partial charge is 0.475 e. The van der Waals surface area contributed by atoms with Crippen molar-refractivity contribution >= 4 is 11.9 Å². The topological polar surface area (TPSA) is 116 Å². The predicted molar refractivity (Wildman–Crippen MR) is 143 cm³/mol. The van der Waals surface area contributed by atoms with Crippen LogP contribution in [0.2, 0.25) is 0 Å². The van der Waals surface area contributed by atoms with E-state index in [2.05, 4.69) is 29.4 Å². The Morgan fingerprint density at radius 3 is 2.33 bits per heavy atom. The molecule has 0 spiro atoms. The van der Waals surface area contributed by atoms with Gasteiger partial charge in [-0.2, -0.15) is 18.4 Å². The Labute approximate surface area is 231 Å². The van der Waals surface area contributed by atoms with Gasteiger partial charge < -0.3 is 20.1 Å². The van der Waals surface area contributed by atoms with Crippen molar-refractivity contribution in [3.05, 3.63) is 89.1 Å². The van der Waals surface area contributed by atoms with E-state index in [1.165, 1.54) is 0 Å². The lowest BCUT2D eigenvalue weighted by atomic mass is 10.1. The van der Waals surface area contributed by atoms with E-state index < -0.39 is 12.1 Å². The lowest BCUT2D eigenvalue weighted by molar-refractivity contribution is -0.192. The largest absolute Gasteiger partial charge is 0.490 e. The molecule has 1 heterocycles. The van der Waals surface area contributed by atoms with Gasteiger partial charge in [-0.05, 0) is 48.4 Å². The van der Waals surface area contributed by atoms with E-state index in [9.17, 15) is 18.0 Å². The predicted octanol–water partition coefficient (Wildman–Crippen LogP) is 5.04. The summed E-state index contributed by atoms with van der Waals surface area (Å²) in [6.45, 7) is 5.32. The number of alkyl halides is 3. The lowest BCUT2D eigenvalue weighted by Crippen LogP contribution is -2.33. The third kappa shape index (κ3) is 10.5. The summed E-state index contributed by atoms with van der Waals surface area (Å²) in [7, 11) is 1.62. The molecule has 1 amide bonds. The van der Waals surface area contributed by atoms with Crippen molar-refractivity contribution in [2.24, 2.45) is 0 Å². The summed E-state index contributed by atoms with van der Waals surface area (Å²) in [5, 5.41) is 19.6. The number of nitrogens with one attached hydrogen (secondary N) is 1. The van der Waals surface area contributed by atoms with E-state index in [-0.39, 0.29) is 5.91 Å². The number of hydrogen-bond acceptors (Lipinski definition) is 6. The Hall–Kier alpha value is -4.27. The number of methoxy groups -OCH3 is 1. The number of nitrogens with zero attached hydrogens (tertiary/aromatic N) is 3. The van der Waals surface area contributed by atoms with Crippen molar-refractivity contribution in [2.45, 2.75) is 32.6 Å². The number of amides is 1. The Kier molecular flexibility index (Phi) is 12.8. The number of aliphatic carboxylic acids is 1. The van der Waals surface area contributed by atoms with Crippen LogP contribution in [0.3, 0.4) is 0 Å². The molecule has 40 heavy (non-hydrogen) atoms. The Balaban J connectivity index is 0.000000708. The number of nitriles is 1. The van der Waals surface area contributed by atoms with Crippen LogP contribution >= 0.6 is 0 Å². The van der Waals surface area contributed by atoms with Crippen LogP contribution in [0.15, 0.2) is 66.9 Å². The number of carbonyl (C=O) groups excluding carboxylic acids is 1. The van der Waals surface area contributed by atoms with Crippen molar-refractivity contribution < 1.29 is 32.6 Å². The highest BCUT2D eigenvalue weighted by atomic mass is 19.4. The van der Waals surface area contributed by atoms with Gasteiger partial charge >= 0.3 is 12.1 Å². The van der Waals surface area contributed by atoms with Gasteiger partial charge in [0.1, 0.15) is 0 Å². The average Bonchev–Trinajstić information content (AvgIpc) is 2.95. The number of aromatic nitrogens is 1. The van der Waals surface area contributed by atoms with Gasteiger partial charge in [-0.1, -0.05) is 43.3 Å². The van der Waals surface area contributed by atoms with Gasteiger partial charge in [0.25, 0.3) is 5.91 Å². The highest BCUT2D eigenvalue weighted by Crippen LogP contribution is 2.19. The van der Waals surface area contributed by atoms with E-state index in [0.29, 0.717) is 30.8 Å². The Bertz CT molecular complexity index is 1270. The van der Waals surface area contributed by atoms with Crippen molar-refractivity contribution in [1.82, 2.24) is 15.2 Å². The molecule has 2 N–H and O–H groups in total. The van der Waals surface area contributed by atoms with Gasteiger partial charge in [-0.15, -0.1) is 0 Å². The van der Waals surface area contributed by atoms with Crippen molar-refractivity contribution in [3.63, 3.8) is 0 Å². The summed E-state index contributed by atoms with van der Waals surface area (Å²) in [4.78, 5) is 28.3. The third-order valence-corrected chi connectivity index (χ3v) is 5.54. The molecule has 0 radical (unpaired) electrons. The zero-order chi connectivity index (χ0) is 29.5. The number of rotatable bonds is 11. The molecule has 212 valence electrons. The normalized spacial score (nSPS) is 10.7. The summed E-state index contributed by atoms with van der Waals surface area (Å²) in [5.41, 5.74) is 5.09. The quantitative estimate of drug-likeness (QED) is 0.318. The molecule has 0 aliphatic heterocycles. The molecular formula is C29H31F3N4O4. The molecule has 11 heteroatoms. The second-order valence-corrected chi connectivity index (χ2v) is 8.64. The van der Waals surface area contributed by atoms with Crippen LogP contribution in [0.25, 0.3) is 11.3 Å². The molecule has 0 fully saturated rings. The molecule has 0 atom stereocenters. The van der Waals surface area contributed by atoms with Gasteiger partial charge in [-0.3, -0.25) is 9.78 Å². The third-order valence-electron chi connectivity index (χ3n) is 5.54. The van der Waals surface area contributed by atoms with Gasteiger partial charge in [0, 0.05) is 44.1 Å². The molecule has 3 rings (SSSR count). The minimum absolute atomic E-state index is 0.123. The zero-order valence-electron chi connectivity index (χ0n) is 22.2. The van der Waals surface area contributed by atoms with Gasteiger partial charge in [0.15, 0.2) is 0 Å². The van der Waals surface area contributed by atoms with Crippen LogP contribution in [0.4, 0.5) is 13.2 Å². The fraction of sp³-hybridized carbons (Fsp3) is 0.310. The van der Waals surface area contributed by atoms with E-state index >= 15 is 0 Å². The van der Waals surface area contributed by atoms with Crippen LogP contribution in [0.1, 0.15) is 40.4 Å². The maximum atomic E-state index is 13.1. The number of hydrogen-bond donors (Lipinski definition) is 2. The minimum atomic E-state index is -5.08. The molecular weight excluding hydrogens is 525 g/mol. The SMILES string of the molecule is CCCNCc1ccc(-c2ccc(CN(CCOC)C(=O)c3cccc(C#N)c3)cc2)nc1.O=C(O)C(F)(F)F.